The number of nitrogens with one attached hydrogen (secondary N) is 1. The number of benzene rings is 2. The predicted octanol–water partition coefficient (Wildman–Crippen LogP) is 3.88. The molecule has 0 atom stereocenters. The fourth-order valence-corrected chi connectivity index (χ4v) is 4.37. The maximum absolute atomic E-state index is 13.1. The lowest BCUT2D eigenvalue weighted by atomic mass is 9.84. The van der Waals surface area contributed by atoms with Gasteiger partial charge in [0, 0.05) is 30.3 Å². The molecule has 6 nitrogen and oxygen atoms in total. The summed E-state index contributed by atoms with van der Waals surface area (Å²) in [6.45, 7) is 1.56. The Kier molecular flexibility index (Phi) is 5.48. The van der Waals surface area contributed by atoms with E-state index in [4.69, 9.17) is 21.1 Å². The van der Waals surface area contributed by atoms with Gasteiger partial charge in [-0.25, -0.2) is 0 Å². The molecule has 0 radical (unpaired) electrons. The number of carbonyl (C=O) groups excluding carboxylic acids is 2. The van der Waals surface area contributed by atoms with Gasteiger partial charge < -0.3 is 19.7 Å². The Balaban J connectivity index is 1.58. The summed E-state index contributed by atoms with van der Waals surface area (Å²) in [4.78, 5) is 28.0. The maximum atomic E-state index is 13.1. The second-order valence-electron chi connectivity index (χ2n) is 7.45. The quantitative estimate of drug-likeness (QED) is 0.806. The fraction of sp³-hybridized carbons (Fsp3) is 0.364. The average Bonchev–Trinajstić information content (AvgIpc) is 3.06. The summed E-state index contributed by atoms with van der Waals surface area (Å²) in [5.74, 6) is 0.334. The normalized spacial score (nSPS) is 17.7. The van der Waals surface area contributed by atoms with E-state index in [2.05, 4.69) is 5.32 Å². The number of ether oxygens (including phenoxy) is 2. The highest BCUT2D eigenvalue weighted by Crippen LogP contribution is 2.38. The van der Waals surface area contributed by atoms with Crippen LogP contribution in [0, 0.1) is 0 Å². The first-order valence-corrected chi connectivity index (χ1v) is 10.0. The molecule has 152 valence electrons. The van der Waals surface area contributed by atoms with Crippen LogP contribution in [-0.2, 0) is 16.1 Å². The molecule has 1 saturated heterocycles. The molecule has 0 unspecified atom stereocenters. The standard InChI is InChI=1S/C22H23ClN2O4/c1-28-19-7-6-16(23)12-18(19)24-20(26)13-22(8-10-29-11-9-22)25-14-15-4-2-3-5-17(15)21(25)27/h2-7,12H,8-11,13-14H2,1H3,(H,24,26). The zero-order chi connectivity index (χ0) is 20.4. The highest BCUT2D eigenvalue weighted by atomic mass is 35.5. The van der Waals surface area contributed by atoms with Gasteiger partial charge in [-0.15, -0.1) is 0 Å². The Labute approximate surface area is 174 Å². The first kappa shape index (κ1) is 19.7. The van der Waals surface area contributed by atoms with E-state index in [1.54, 1.807) is 25.3 Å². The van der Waals surface area contributed by atoms with E-state index in [0.29, 0.717) is 49.1 Å². The minimum Gasteiger partial charge on any atom is -0.495 e. The Morgan fingerprint density at radius 1 is 1.24 bits per heavy atom. The van der Waals surface area contributed by atoms with E-state index in [-0.39, 0.29) is 18.2 Å². The summed E-state index contributed by atoms with van der Waals surface area (Å²) < 4.78 is 10.9. The van der Waals surface area contributed by atoms with Crippen molar-refractivity contribution in [2.45, 2.75) is 31.3 Å². The van der Waals surface area contributed by atoms with Crippen LogP contribution in [0.2, 0.25) is 5.02 Å². The molecule has 2 aliphatic rings. The number of anilines is 1. The van der Waals surface area contributed by atoms with Crippen LogP contribution in [-0.4, -0.2) is 42.6 Å². The van der Waals surface area contributed by atoms with Crippen LogP contribution in [0.1, 0.15) is 35.2 Å². The fourth-order valence-electron chi connectivity index (χ4n) is 4.20. The lowest BCUT2D eigenvalue weighted by Gasteiger charge is -2.44. The monoisotopic (exact) mass is 414 g/mol. The van der Waals surface area contributed by atoms with Crippen molar-refractivity contribution in [2.75, 3.05) is 25.6 Å². The molecule has 2 amide bonds. The van der Waals surface area contributed by atoms with Crippen molar-refractivity contribution >= 4 is 29.1 Å². The zero-order valence-corrected chi connectivity index (χ0v) is 17.0. The van der Waals surface area contributed by atoms with Crippen LogP contribution < -0.4 is 10.1 Å². The van der Waals surface area contributed by atoms with E-state index in [9.17, 15) is 9.59 Å². The summed E-state index contributed by atoms with van der Waals surface area (Å²) in [7, 11) is 1.54. The predicted molar refractivity (Wildman–Crippen MR) is 110 cm³/mol. The van der Waals surface area contributed by atoms with E-state index in [0.717, 1.165) is 11.1 Å². The molecule has 1 fully saturated rings. The molecule has 0 spiro atoms. The molecule has 4 rings (SSSR count). The van der Waals surface area contributed by atoms with Gasteiger partial charge in [-0.2, -0.15) is 0 Å². The number of rotatable bonds is 5. The van der Waals surface area contributed by atoms with Crippen molar-refractivity contribution in [1.82, 2.24) is 4.90 Å². The lowest BCUT2D eigenvalue weighted by molar-refractivity contribution is -0.120. The molecule has 29 heavy (non-hydrogen) atoms. The summed E-state index contributed by atoms with van der Waals surface area (Å²) >= 11 is 6.07. The van der Waals surface area contributed by atoms with Crippen molar-refractivity contribution in [1.29, 1.82) is 0 Å². The number of halogens is 1. The number of carbonyl (C=O) groups is 2. The highest BCUT2D eigenvalue weighted by Gasteiger charge is 2.46. The molecule has 2 aromatic carbocycles. The third-order valence-electron chi connectivity index (χ3n) is 5.74. The molecule has 7 heteroatoms. The molecule has 0 saturated carbocycles. The number of fused-ring (bicyclic) bond motifs is 1. The van der Waals surface area contributed by atoms with Crippen LogP contribution in [0.15, 0.2) is 42.5 Å². The van der Waals surface area contributed by atoms with Gasteiger partial charge in [0.05, 0.1) is 24.8 Å². The summed E-state index contributed by atoms with van der Waals surface area (Å²) in [6, 6.07) is 12.7. The highest BCUT2D eigenvalue weighted by molar-refractivity contribution is 6.31. The molecule has 2 aromatic rings. The number of hydrogen-bond acceptors (Lipinski definition) is 4. The Bertz CT molecular complexity index is 940. The van der Waals surface area contributed by atoms with Crippen molar-refractivity contribution < 1.29 is 19.1 Å². The molecule has 1 N–H and O–H groups in total. The molecule has 2 heterocycles. The van der Waals surface area contributed by atoms with E-state index in [1.165, 1.54) is 0 Å². The van der Waals surface area contributed by atoms with E-state index < -0.39 is 5.54 Å². The SMILES string of the molecule is COc1ccc(Cl)cc1NC(=O)CC1(N2Cc3ccccc3C2=O)CCOCC1. The van der Waals surface area contributed by atoms with Crippen LogP contribution >= 0.6 is 11.6 Å². The number of nitrogens with zero attached hydrogens (tertiary/aromatic N) is 1. The second-order valence-corrected chi connectivity index (χ2v) is 7.89. The summed E-state index contributed by atoms with van der Waals surface area (Å²) in [5, 5.41) is 3.41. The molecule has 2 aliphatic heterocycles. The first-order valence-electron chi connectivity index (χ1n) is 9.63. The first-order chi connectivity index (χ1) is 14.0. The third-order valence-corrected chi connectivity index (χ3v) is 5.98. The van der Waals surface area contributed by atoms with E-state index >= 15 is 0 Å². The molecule has 0 bridgehead atoms. The van der Waals surface area contributed by atoms with Gasteiger partial charge in [0.1, 0.15) is 5.75 Å². The minimum absolute atomic E-state index is 0.0179. The number of hydrogen-bond donors (Lipinski definition) is 1. The van der Waals surface area contributed by atoms with Crippen LogP contribution in [0.25, 0.3) is 0 Å². The molecule has 0 aliphatic carbocycles. The second kappa shape index (κ2) is 8.05. The van der Waals surface area contributed by atoms with Crippen LogP contribution in [0.3, 0.4) is 0 Å². The van der Waals surface area contributed by atoms with Gasteiger partial charge in [0.15, 0.2) is 0 Å². The molecular weight excluding hydrogens is 392 g/mol. The van der Waals surface area contributed by atoms with Gasteiger partial charge in [0.25, 0.3) is 5.91 Å². The minimum atomic E-state index is -0.579. The van der Waals surface area contributed by atoms with Crippen molar-refractivity contribution in [3.05, 3.63) is 58.6 Å². The van der Waals surface area contributed by atoms with Crippen LogP contribution in [0.5, 0.6) is 5.75 Å². The van der Waals surface area contributed by atoms with Crippen molar-refractivity contribution in [3.8, 4) is 5.75 Å². The molecule has 0 aromatic heterocycles. The summed E-state index contributed by atoms with van der Waals surface area (Å²) in [6.07, 6.45) is 1.42. The van der Waals surface area contributed by atoms with Gasteiger partial charge in [-0.1, -0.05) is 29.8 Å². The summed E-state index contributed by atoms with van der Waals surface area (Å²) in [5.41, 5.74) is 1.66. The third kappa shape index (κ3) is 3.82. The van der Waals surface area contributed by atoms with Gasteiger partial charge in [0.2, 0.25) is 5.91 Å². The van der Waals surface area contributed by atoms with Gasteiger partial charge in [-0.3, -0.25) is 9.59 Å². The van der Waals surface area contributed by atoms with Crippen molar-refractivity contribution in [2.24, 2.45) is 0 Å². The number of methoxy groups -OCH3 is 1. The zero-order valence-electron chi connectivity index (χ0n) is 16.2. The van der Waals surface area contributed by atoms with Crippen molar-refractivity contribution in [3.63, 3.8) is 0 Å². The Hall–Kier alpha value is -2.57. The van der Waals surface area contributed by atoms with Crippen LogP contribution in [0.4, 0.5) is 5.69 Å². The topological polar surface area (TPSA) is 67.9 Å². The smallest absolute Gasteiger partial charge is 0.254 e. The molecular formula is C22H23ClN2O4. The van der Waals surface area contributed by atoms with Gasteiger partial charge >= 0.3 is 0 Å². The number of amides is 2. The van der Waals surface area contributed by atoms with E-state index in [1.807, 2.05) is 29.2 Å². The lowest BCUT2D eigenvalue weighted by Crippen LogP contribution is -2.54. The Morgan fingerprint density at radius 3 is 2.72 bits per heavy atom. The average molecular weight is 415 g/mol. The largest absolute Gasteiger partial charge is 0.495 e. The van der Waals surface area contributed by atoms with Gasteiger partial charge in [-0.05, 0) is 42.7 Å². The maximum Gasteiger partial charge on any atom is 0.254 e. The Morgan fingerprint density at radius 2 is 2.00 bits per heavy atom.